The zero-order valence-corrected chi connectivity index (χ0v) is 14.3. The van der Waals surface area contributed by atoms with E-state index in [2.05, 4.69) is 5.32 Å². The van der Waals surface area contributed by atoms with Gasteiger partial charge in [-0.3, -0.25) is 4.79 Å². The predicted molar refractivity (Wildman–Crippen MR) is 94.4 cm³/mol. The first-order chi connectivity index (χ1) is 11.5. The molecule has 1 amide bonds. The highest BCUT2D eigenvalue weighted by atomic mass is 35.5. The number of nitrogens with zero attached hydrogens (tertiary/aromatic N) is 1. The molecule has 0 bridgehead atoms. The van der Waals surface area contributed by atoms with Crippen molar-refractivity contribution in [2.24, 2.45) is 0 Å². The molecule has 126 valence electrons. The number of nitrogens with one attached hydrogen (secondary N) is 1. The monoisotopic (exact) mass is 346 g/mol. The molecule has 0 aliphatic heterocycles. The van der Waals surface area contributed by atoms with E-state index in [-0.39, 0.29) is 19.1 Å². The van der Waals surface area contributed by atoms with E-state index < -0.39 is 5.97 Å². The van der Waals surface area contributed by atoms with Crippen LogP contribution in [0.3, 0.4) is 0 Å². The lowest BCUT2D eigenvalue weighted by Gasteiger charge is -2.13. The van der Waals surface area contributed by atoms with Gasteiger partial charge in [-0.2, -0.15) is 0 Å². The first-order valence-corrected chi connectivity index (χ1v) is 7.80. The van der Waals surface area contributed by atoms with Crippen molar-refractivity contribution in [2.45, 2.75) is 6.54 Å². The third-order valence-corrected chi connectivity index (χ3v) is 3.74. The van der Waals surface area contributed by atoms with E-state index in [1.807, 2.05) is 43.3 Å². The fourth-order valence-corrected chi connectivity index (χ4v) is 2.21. The van der Waals surface area contributed by atoms with Crippen LogP contribution in [0.1, 0.15) is 15.9 Å². The van der Waals surface area contributed by atoms with Crippen LogP contribution >= 0.6 is 11.6 Å². The maximum atomic E-state index is 12.0. The Morgan fingerprint density at radius 1 is 1.12 bits per heavy atom. The lowest BCUT2D eigenvalue weighted by atomic mass is 10.2. The Balaban J connectivity index is 1.84. The van der Waals surface area contributed by atoms with E-state index in [1.54, 1.807) is 24.3 Å². The number of hydrogen-bond acceptors (Lipinski definition) is 4. The second-order valence-corrected chi connectivity index (χ2v) is 5.80. The second kappa shape index (κ2) is 8.36. The lowest BCUT2D eigenvalue weighted by molar-refractivity contribution is -0.124. The molecule has 0 saturated heterocycles. The molecule has 5 nitrogen and oxygen atoms in total. The molecule has 0 unspecified atom stereocenters. The highest BCUT2D eigenvalue weighted by Gasteiger charge is 2.11. The molecule has 0 atom stereocenters. The van der Waals surface area contributed by atoms with Gasteiger partial charge < -0.3 is 15.0 Å². The van der Waals surface area contributed by atoms with Crippen molar-refractivity contribution in [3.8, 4) is 0 Å². The van der Waals surface area contributed by atoms with E-state index in [9.17, 15) is 9.59 Å². The molecule has 0 aliphatic carbocycles. The zero-order chi connectivity index (χ0) is 17.5. The molecular formula is C18H19ClN2O3. The Hall–Kier alpha value is -2.53. The molecule has 2 aromatic carbocycles. The van der Waals surface area contributed by atoms with Crippen molar-refractivity contribution in [2.75, 3.05) is 25.6 Å². The number of halogens is 1. The van der Waals surface area contributed by atoms with Crippen LogP contribution < -0.4 is 10.2 Å². The summed E-state index contributed by atoms with van der Waals surface area (Å²) < 4.78 is 5.04. The molecule has 6 heteroatoms. The number of rotatable bonds is 6. The predicted octanol–water partition coefficient (Wildman–Crippen LogP) is 2.88. The second-order valence-electron chi connectivity index (χ2n) is 5.39. The van der Waals surface area contributed by atoms with Crippen molar-refractivity contribution < 1.29 is 14.3 Å². The molecule has 2 rings (SSSR count). The van der Waals surface area contributed by atoms with E-state index in [0.29, 0.717) is 10.6 Å². The summed E-state index contributed by atoms with van der Waals surface area (Å²) in [6.07, 6.45) is 0. The van der Waals surface area contributed by atoms with Gasteiger partial charge in [0.1, 0.15) is 0 Å². The summed E-state index contributed by atoms with van der Waals surface area (Å²) in [5.41, 5.74) is 2.09. The molecule has 1 N–H and O–H groups in total. The Kier molecular flexibility index (Phi) is 6.21. The van der Waals surface area contributed by atoms with Crippen LogP contribution in [0.5, 0.6) is 0 Å². The van der Waals surface area contributed by atoms with Gasteiger partial charge in [-0.1, -0.05) is 35.9 Å². The number of benzene rings is 2. The summed E-state index contributed by atoms with van der Waals surface area (Å²) >= 11 is 6.01. The van der Waals surface area contributed by atoms with Gasteiger partial charge in [0, 0.05) is 31.4 Å². The third-order valence-electron chi connectivity index (χ3n) is 3.37. The molecule has 0 radical (unpaired) electrons. The third kappa shape index (κ3) is 4.99. The highest BCUT2D eigenvalue weighted by molar-refractivity contribution is 6.31. The molecule has 0 spiro atoms. The van der Waals surface area contributed by atoms with Crippen LogP contribution in [0.4, 0.5) is 5.69 Å². The fraction of sp³-hybridized carbons (Fsp3) is 0.222. The maximum Gasteiger partial charge on any atom is 0.338 e. The van der Waals surface area contributed by atoms with Crippen LogP contribution in [-0.4, -0.2) is 32.6 Å². The average Bonchev–Trinajstić information content (AvgIpc) is 2.59. The number of carbonyl (C=O) groups excluding carboxylic acids is 2. The number of anilines is 1. The van der Waals surface area contributed by atoms with Crippen molar-refractivity contribution in [1.82, 2.24) is 5.32 Å². The molecule has 2 aromatic rings. The number of esters is 1. The summed E-state index contributed by atoms with van der Waals surface area (Å²) in [4.78, 5) is 25.7. The smallest absolute Gasteiger partial charge is 0.338 e. The molecular weight excluding hydrogens is 328 g/mol. The number of ether oxygens (including phenoxy) is 1. The Labute approximate surface area is 146 Å². The number of carbonyl (C=O) groups is 2. The normalized spacial score (nSPS) is 10.1. The summed E-state index contributed by atoms with van der Waals surface area (Å²) in [5.74, 6) is -0.918. The number of hydrogen-bond donors (Lipinski definition) is 1. The molecule has 0 aliphatic rings. The molecule has 0 aromatic heterocycles. The van der Waals surface area contributed by atoms with Gasteiger partial charge >= 0.3 is 5.97 Å². The molecule has 0 heterocycles. The molecule has 24 heavy (non-hydrogen) atoms. The average molecular weight is 347 g/mol. The summed E-state index contributed by atoms with van der Waals surface area (Å²) in [7, 11) is 3.76. The Morgan fingerprint density at radius 3 is 2.58 bits per heavy atom. The number of amides is 1. The van der Waals surface area contributed by atoms with Crippen LogP contribution in [-0.2, 0) is 16.1 Å². The topological polar surface area (TPSA) is 58.6 Å². The zero-order valence-electron chi connectivity index (χ0n) is 13.6. The molecule has 0 fully saturated rings. The van der Waals surface area contributed by atoms with E-state index in [1.165, 1.54) is 0 Å². The van der Waals surface area contributed by atoms with E-state index in [4.69, 9.17) is 16.3 Å². The van der Waals surface area contributed by atoms with E-state index in [0.717, 1.165) is 11.3 Å². The standard InChI is InChI=1S/C18H19ClN2O3/c1-21(2)15-8-5-7-13(10-15)18(23)24-12-17(22)20-11-14-6-3-4-9-16(14)19/h3-10H,11-12H2,1-2H3,(H,20,22). The maximum absolute atomic E-state index is 12.0. The minimum absolute atomic E-state index is 0.284. The summed E-state index contributed by atoms with van der Waals surface area (Å²) in [6, 6.07) is 14.2. The quantitative estimate of drug-likeness (QED) is 0.817. The van der Waals surface area contributed by atoms with Gasteiger partial charge in [0.25, 0.3) is 5.91 Å². The van der Waals surface area contributed by atoms with Crippen LogP contribution in [0.15, 0.2) is 48.5 Å². The van der Waals surface area contributed by atoms with Gasteiger partial charge in [0.15, 0.2) is 6.61 Å². The van der Waals surface area contributed by atoms with Crippen molar-refractivity contribution in [1.29, 1.82) is 0 Å². The minimum Gasteiger partial charge on any atom is -0.452 e. The first kappa shape index (κ1) is 17.8. The van der Waals surface area contributed by atoms with Crippen LogP contribution in [0, 0.1) is 0 Å². The summed E-state index contributed by atoms with van der Waals surface area (Å²) in [6.45, 7) is -0.0539. The first-order valence-electron chi connectivity index (χ1n) is 7.42. The van der Waals surface area contributed by atoms with Gasteiger partial charge in [0.2, 0.25) is 0 Å². The van der Waals surface area contributed by atoms with Gasteiger partial charge in [-0.25, -0.2) is 4.79 Å². The van der Waals surface area contributed by atoms with Crippen molar-refractivity contribution >= 4 is 29.2 Å². The Morgan fingerprint density at radius 2 is 1.88 bits per heavy atom. The molecule has 0 saturated carbocycles. The van der Waals surface area contributed by atoms with E-state index >= 15 is 0 Å². The van der Waals surface area contributed by atoms with Gasteiger partial charge in [-0.15, -0.1) is 0 Å². The van der Waals surface area contributed by atoms with Crippen LogP contribution in [0.25, 0.3) is 0 Å². The largest absolute Gasteiger partial charge is 0.452 e. The highest BCUT2D eigenvalue weighted by Crippen LogP contribution is 2.15. The minimum atomic E-state index is -0.536. The van der Waals surface area contributed by atoms with Crippen molar-refractivity contribution in [3.63, 3.8) is 0 Å². The van der Waals surface area contributed by atoms with Crippen LogP contribution in [0.2, 0.25) is 5.02 Å². The fourth-order valence-electron chi connectivity index (χ4n) is 2.01. The lowest BCUT2D eigenvalue weighted by Crippen LogP contribution is -2.28. The summed E-state index contributed by atoms with van der Waals surface area (Å²) in [5, 5.41) is 3.25. The Bertz CT molecular complexity index is 732. The van der Waals surface area contributed by atoms with Crippen molar-refractivity contribution in [3.05, 3.63) is 64.7 Å². The van der Waals surface area contributed by atoms with Gasteiger partial charge in [0.05, 0.1) is 5.56 Å². The van der Waals surface area contributed by atoms with Gasteiger partial charge in [-0.05, 0) is 29.8 Å². The SMILES string of the molecule is CN(C)c1cccc(C(=O)OCC(=O)NCc2ccccc2Cl)c1.